The van der Waals surface area contributed by atoms with Crippen LogP contribution in [0.25, 0.3) is 0 Å². The van der Waals surface area contributed by atoms with Crippen LogP contribution in [0.4, 0.5) is 16.3 Å². The molecule has 8 heteroatoms. The molecular formula is C18H23N5O3. The molecule has 1 aliphatic rings. The Kier molecular flexibility index (Phi) is 5.40. The summed E-state index contributed by atoms with van der Waals surface area (Å²) in [4.78, 5) is 24.8. The predicted octanol–water partition coefficient (Wildman–Crippen LogP) is 2.16. The second-order valence-corrected chi connectivity index (χ2v) is 6.03. The number of rotatable bonds is 4. The number of ether oxygens (including phenoxy) is 2. The van der Waals surface area contributed by atoms with E-state index < -0.39 is 0 Å². The maximum absolute atomic E-state index is 12.5. The number of aryl methyl sites for hydroxylation is 1. The molecule has 1 aromatic carbocycles. The van der Waals surface area contributed by atoms with Gasteiger partial charge in [0.05, 0.1) is 14.2 Å². The van der Waals surface area contributed by atoms with Crippen LogP contribution in [-0.2, 0) is 0 Å². The van der Waals surface area contributed by atoms with Gasteiger partial charge in [0.15, 0.2) is 0 Å². The first-order valence-corrected chi connectivity index (χ1v) is 8.43. The maximum atomic E-state index is 12.5. The van der Waals surface area contributed by atoms with E-state index in [4.69, 9.17) is 9.47 Å². The molecule has 0 atom stereocenters. The fourth-order valence-corrected chi connectivity index (χ4v) is 2.81. The van der Waals surface area contributed by atoms with E-state index in [1.807, 2.05) is 31.2 Å². The van der Waals surface area contributed by atoms with Crippen molar-refractivity contribution in [2.75, 3.05) is 50.6 Å². The largest absolute Gasteiger partial charge is 0.481 e. The number of aromatic nitrogens is 2. The average molecular weight is 357 g/mol. The van der Waals surface area contributed by atoms with E-state index in [0.29, 0.717) is 32.1 Å². The van der Waals surface area contributed by atoms with E-state index in [0.717, 1.165) is 17.1 Å². The second-order valence-electron chi connectivity index (χ2n) is 6.03. The number of nitrogens with zero attached hydrogens (tertiary/aromatic N) is 4. The van der Waals surface area contributed by atoms with E-state index in [9.17, 15) is 4.79 Å². The van der Waals surface area contributed by atoms with Crippen LogP contribution in [0.3, 0.4) is 0 Å². The highest BCUT2D eigenvalue weighted by Gasteiger charge is 2.23. The SMILES string of the molecule is COc1cc(N2CCN(C(=O)Nc3cccc(C)c3)CC2)nc(OC)n1. The number of hydrogen-bond donors (Lipinski definition) is 1. The van der Waals surface area contributed by atoms with Crippen molar-refractivity contribution in [2.24, 2.45) is 0 Å². The molecule has 1 aliphatic heterocycles. The summed E-state index contributed by atoms with van der Waals surface area (Å²) in [6, 6.07) is 9.71. The van der Waals surface area contributed by atoms with Crippen LogP contribution in [0.5, 0.6) is 11.9 Å². The highest BCUT2D eigenvalue weighted by atomic mass is 16.5. The summed E-state index contributed by atoms with van der Waals surface area (Å²) < 4.78 is 10.3. The molecule has 26 heavy (non-hydrogen) atoms. The standard InChI is InChI=1S/C18H23N5O3/c1-13-5-4-6-14(11-13)19-18(24)23-9-7-22(8-10-23)15-12-16(25-2)21-17(20-15)26-3/h4-6,11-12H,7-10H2,1-3H3,(H,19,24). The number of hydrogen-bond acceptors (Lipinski definition) is 6. The van der Waals surface area contributed by atoms with Gasteiger partial charge in [0.25, 0.3) is 0 Å². The van der Waals surface area contributed by atoms with Crippen molar-refractivity contribution in [1.82, 2.24) is 14.9 Å². The van der Waals surface area contributed by atoms with E-state index in [2.05, 4.69) is 20.2 Å². The van der Waals surface area contributed by atoms with Gasteiger partial charge in [-0.15, -0.1) is 0 Å². The normalized spacial score (nSPS) is 14.1. The summed E-state index contributed by atoms with van der Waals surface area (Å²) in [7, 11) is 3.07. The van der Waals surface area contributed by atoms with E-state index in [-0.39, 0.29) is 12.0 Å². The van der Waals surface area contributed by atoms with Gasteiger partial charge in [-0.2, -0.15) is 9.97 Å². The minimum Gasteiger partial charge on any atom is -0.481 e. The van der Waals surface area contributed by atoms with Gasteiger partial charge in [0.1, 0.15) is 5.82 Å². The Hall–Kier alpha value is -3.03. The molecule has 1 fully saturated rings. The van der Waals surface area contributed by atoms with Crippen LogP contribution < -0.4 is 19.7 Å². The summed E-state index contributed by atoms with van der Waals surface area (Å²) in [5.41, 5.74) is 1.92. The zero-order valence-electron chi connectivity index (χ0n) is 15.2. The summed E-state index contributed by atoms with van der Waals surface area (Å²) in [5, 5.41) is 2.95. The Bertz CT molecular complexity index is 753. The van der Waals surface area contributed by atoms with Gasteiger partial charge in [-0.25, -0.2) is 4.79 Å². The first-order chi connectivity index (χ1) is 12.6. The Morgan fingerprint density at radius 1 is 1.08 bits per heavy atom. The lowest BCUT2D eigenvalue weighted by Gasteiger charge is -2.35. The minimum absolute atomic E-state index is 0.0897. The zero-order valence-corrected chi connectivity index (χ0v) is 15.2. The molecule has 3 rings (SSSR count). The van der Waals surface area contributed by atoms with Gasteiger partial charge in [0, 0.05) is 37.9 Å². The van der Waals surface area contributed by atoms with Gasteiger partial charge in [-0.05, 0) is 24.6 Å². The number of urea groups is 1. The maximum Gasteiger partial charge on any atom is 0.321 e. The Labute approximate surface area is 152 Å². The Balaban J connectivity index is 1.61. The molecule has 0 spiro atoms. The fraction of sp³-hybridized carbons (Fsp3) is 0.389. The lowest BCUT2D eigenvalue weighted by atomic mass is 10.2. The molecule has 1 N–H and O–H groups in total. The summed E-state index contributed by atoms with van der Waals surface area (Å²) in [6.07, 6.45) is 0. The molecule has 138 valence electrons. The molecule has 0 unspecified atom stereocenters. The average Bonchev–Trinajstić information content (AvgIpc) is 2.67. The molecule has 2 heterocycles. The molecule has 2 amide bonds. The van der Waals surface area contributed by atoms with Crippen molar-refractivity contribution in [3.8, 4) is 11.9 Å². The molecule has 0 radical (unpaired) electrons. The number of anilines is 2. The second kappa shape index (κ2) is 7.90. The number of piperazine rings is 1. The van der Waals surface area contributed by atoms with Crippen LogP contribution >= 0.6 is 0 Å². The monoisotopic (exact) mass is 357 g/mol. The number of benzene rings is 1. The third-order valence-electron chi connectivity index (χ3n) is 4.22. The van der Waals surface area contributed by atoms with Crippen LogP contribution in [0, 0.1) is 6.92 Å². The highest BCUT2D eigenvalue weighted by Crippen LogP contribution is 2.22. The van der Waals surface area contributed by atoms with Crippen molar-refractivity contribution in [2.45, 2.75) is 6.92 Å². The molecule has 0 aliphatic carbocycles. The molecule has 8 nitrogen and oxygen atoms in total. The number of carbonyl (C=O) groups is 1. The van der Waals surface area contributed by atoms with Crippen LogP contribution in [-0.4, -0.2) is 61.3 Å². The molecule has 0 bridgehead atoms. The molecule has 2 aromatic rings. The Morgan fingerprint density at radius 3 is 2.50 bits per heavy atom. The molecule has 0 saturated carbocycles. The van der Waals surface area contributed by atoms with Crippen LogP contribution in [0.15, 0.2) is 30.3 Å². The van der Waals surface area contributed by atoms with Crippen molar-refractivity contribution in [3.63, 3.8) is 0 Å². The summed E-state index contributed by atoms with van der Waals surface area (Å²) >= 11 is 0. The van der Waals surface area contributed by atoms with E-state index in [1.165, 1.54) is 7.11 Å². The van der Waals surface area contributed by atoms with Crippen LogP contribution in [0.2, 0.25) is 0 Å². The number of nitrogens with one attached hydrogen (secondary N) is 1. The third-order valence-corrected chi connectivity index (χ3v) is 4.22. The smallest absolute Gasteiger partial charge is 0.321 e. The Morgan fingerprint density at radius 2 is 1.85 bits per heavy atom. The lowest BCUT2D eigenvalue weighted by Crippen LogP contribution is -2.50. The lowest BCUT2D eigenvalue weighted by molar-refractivity contribution is 0.208. The summed E-state index contributed by atoms with van der Waals surface area (Å²) in [5.74, 6) is 1.18. The summed E-state index contributed by atoms with van der Waals surface area (Å²) in [6.45, 7) is 4.55. The quantitative estimate of drug-likeness (QED) is 0.903. The van der Waals surface area contributed by atoms with E-state index >= 15 is 0 Å². The number of amides is 2. The topological polar surface area (TPSA) is 79.8 Å². The third kappa shape index (κ3) is 4.14. The first kappa shape index (κ1) is 17.8. The van der Waals surface area contributed by atoms with E-state index in [1.54, 1.807) is 18.1 Å². The minimum atomic E-state index is -0.0897. The molecular weight excluding hydrogens is 334 g/mol. The first-order valence-electron chi connectivity index (χ1n) is 8.43. The van der Waals surface area contributed by atoms with Gasteiger partial charge >= 0.3 is 12.0 Å². The van der Waals surface area contributed by atoms with Crippen molar-refractivity contribution in [3.05, 3.63) is 35.9 Å². The highest BCUT2D eigenvalue weighted by molar-refractivity contribution is 5.89. The molecule has 1 saturated heterocycles. The van der Waals surface area contributed by atoms with Gasteiger partial charge in [-0.1, -0.05) is 12.1 Å². The van der Waals surface area contributed by atoms with Crippen LogP contribution in [0.1, 0.15) is 5.56 Å². The van der Waals surface area contributed by atoms with Crippen molar-refractivity contribution < 1.29 is 14.3 Å². The van der Waals surface area contributed by atoms with Gasteiger partial charge in [0.2, 0.25) is 5.88 Å². The number of carbonyl (C=O) groups excluding carboxylic acids is 1. The van der Waals surface area contributed by atoms with Crippen molar-refractivity contribution >= 4 is 17.5 Å². The number of methoxy groups -OCH3 is 2. The zero-order chi connectivity index (χ0) is 18.5. The van der Waals surface area contributed by atoms with Crippen molar-refractivity contribution in [1.29, 1.82) is 0 Å². The van der Waals surface area contributed by atoms with Gasteiger partial charge in [-0.3, -0.25) is 0 Å². The predicted molar refractivity (Wildman–Crippen MR) is 99.1 cm³/mol. The van der Waals surface area contributed by atoms with Gasteiger partial charge < -0.3 is 24.6 Å². The fourth-order valence-electron chi connectivity index (χ4n) is 2.81. The molecule has 1 aromatic heterocycles.